The summed E-state index contributed by atoms with van der Waals surface area (Å²) in [5.74, 6) is -0.838. The summed E-state index contributed by atoms with van der Waals surface area (Å²) in [4.78, 5) is 40.5. The fourth-order valence-electron chi connectivity index (χ4n) is 3.45. The Morgan fingerprint density at radius 3 is 2.30 bits per heavy atom. The van der Waals surface area contributed by atoms with E-state index in [0.717, 1.165) is 0 Å². The van der Waals surface area contributed by atoms with Gasteiger partial charge in [-0.15, -0.1) is 11.3 Å². The first kappa shape index (κ1) is 20.9. The number of Topliss-reactive ketones (excluding diaryl/α,β-unsaturated/α-hetero) is 1. The smallest absolute Gasteiger partial charge is 0.354 e. The van der Waals surface area contributed by atoms with Gasteiger partial charge < -0.3 is 14.2 Å². The predicted octanol–water partition coefficient (Wildman–Crippen LogP) is 3.61. The normalized spacial score (nSPS) is 12.1. The SMILES string of the molecule is COC(=O)c1c(C)c(C(=O)C(C)N(C(=O)c2cccs2)C(C)C)c(C)n1C. The minimum atomic E-state index is -0.662. The molecular weight excluding hydrogens is 364 g/mol. The number of rotatable bonds is 6. The quantitative estimate of drug-likeness (QED) is 0.558. The molecule has 0 aromatic carbocycles. The van der Waals surface area contributed by atoms with Crippen LogP contribution in [0, 0.1) is 13.8 Å². The number of hydrogen-bond donors (Lipinski definition) is 0. The Hall–Kier alpha value is -2.41. The summed E-state index contributed by atoms with van der Waals surface area (Å²) >= 11 is 1.35. The van der Waals surface area contributed by atoms with Crippen LogP contribution in [0.15, 0.2) is 17.5 Å². The van der Waals surface area contributed by atoms with E-state index in [1.807, 2.05) is 25.3 Å². The summed E-state index contributed by atoms with van der Waals surface area (Å²) in [6.07, 6.45) is 0. The second kappa shape index (κ2) is 8.08. The summed E-state index contributed by atoms with van der Waals surface area (Å²) in [6.45, 7) is 9.04. The van der Waals surface area contributed by atoms with Crippen molar-refractivity contribution in [2.75, 3.05) is 7.11 Å². The van der Waals surface area contributed by atoms with Gasteiger partial charge in [0.25, 0.3) is 5.91 Å². The Labute approximate surface area is 163 Å². The highest BCUT2D eigenvalue weighted by Gasteiger charge is 2.34. The van der Waals surface area contributed by atoms with Crippen molar-refractivity contribution >= 4 is 29.0 Å². The third-order valence-corrected chi connectivity index (χ3v) is 5.73. The minimum Gasteiger partial charge on any atom is -0.464 e. The van der Waals surface area contributed by atoms with Crippen LogP contribution in [0.4, 0.5) is 0 Å². The van der Waals surface area contributed by atoms with E-state index in [4.69, 9.17) is 4.74 Å². The molecule has 1 atom stereocenters. The maximum Gasteiger partial charge on any atom is 0.354 e. The molecule has 0 fully saturated rings. The first-order valence-electron chi connectivity index (χ1n) is 8.78. The van der Waals surface area contributed by atoms with Crippen molar-refractivity contribution in [3.8, 4) is 0 Å². The van der Waals surface area contributed by atoms with Crippen molar-refractivity contribution in [1.82, 2.24) is 9.47 Å². The van der Waals surface area contributed by atoms with Crippen molar-refractivity contribution in [3.63, 3.8) is 0 Å². The Balaban J connectivity index is 2.47. The molecule has 0 aliphatic heterocycles. The number of nitrogens with zero attached hydrogens (tertiary/aromatic N) is 2. The lowest BCUT2D eigenvalue weighted by Crippen LogP contribution is -2.47. The van der Waals surface area contributed by atoms with Crippen LogP contribution < -0.4 is 0 Å². The van der Waals surface area contributed by atoms with E-state index in [9.17, 15) is 14.4 Å². The van der Waals surface area contributed by atoms with Crippen LogP contribution in [0.3, 0.4) is 0 Å². The number of carbonyl (C=O) groups excluding carboxylic acids is 3. The lowest BCUT2D eigenvalue weighted by atomic mass is 9.99. The van der Waals surface area contributed by atoms with E-state index < -0.39 is 12.0 Å². The third kappa shape index (κ3) is 3.69. The average molecular weight is 391 g/mol. The molecule has 2 aromatic rings. The Kier molecular flexibility index (Phi) is 6.26. The van der Waals surface area contributed by atoms with Gasteiger partial charge in [0, 0.05) is 24.3 Å². The molecule has 0 aliphatic rings. The van der Waals surface area contributed by atoms with Crippen LogP contribution in [0.1, 0.15) is 62.5 Å². The second-order valence-electron chi connectivity index (χ2n) is 6.81. The summed E-state index contributed by atoms with van der Waals surface area (Å²) in [5.41, 5.74) is 2.07. The van der Waals surface area contributed by atoms with Gasteiger partial charge in [0.1, 0.15) is 5.69 Å². The molecule has 2 rings (SSSR count). The van der Waals surface area contributed by atoms with Crippen molar-refractivity contribution in [2.45, 2.75) is 46.7 Å². The Morgan fingerprint density at radius 1 is 1.19 bits per heavy atom. The zero-order valence-corrected chi connectivity index (χ0v) is 17.6. The fraction of sp³-hybridized carbons (Fsp3) is 0.450. The highest BCUT2D eigenvalue weighted by atomic mass is 32.1. The van der Waals surface area contributed by atoms with Crippen LogP contribution >= 0.6 is 11.3 Å². The predicted molar refractivity (Wildman–Crippen MR) is 106 cm³/mol. The third-order valence-electron chi connectivity index (χ3n) is 4.88. The second-order valence-corrected chi connectivity index (χ2v) is 7.76. The molecule has 27 heavy (non-hydrogen) atoms. The van der Waals surface area contributed by atoms with Gasteiger partial charge in [-0.25, -0.2) is 4.79 Å². The zero-order chi connectivity index (χ0) is 20.5. The molecule has 0 aliphatic carbocycles. The monoisotopic (exact) mass is 390 g/mol. The highest BCUT2D eigenvalue weighted by Crippen LogP contribution is 2.26. The molecule has 0 saturated carbocycles. The number of ether oxygens (including phenoxy) is 1. The lowest BCUT2D eigenvalue weighted by molar-refractivity contribution is 0.0568. The lowest BCUT2D eigenvalue weighted by Gasteiger charge is -2.32. The van der Waals surface area contributed by atoms with E-state index in [2.05, 4.69) is 0 Å². The number of carbonyl (C=O) groups is 3. The van der Waals surface area contributed by atoms with E-state index in [-0.39, 0.29) is 17.7 Å². The van der Waals surface area contributed by atoms with E-state index >= 15 is 0 Å². The summed E-state index contributed by atoms with van der Waals surface area (Å²) in [5, 5.41) is 1.84. The van der Waals surface area contributed by atoms with Crippen LogP contribution in [-0.4, -0.2) is 46.3 Å². The number of esters is 1. The van der Waals surface area contributed by atoms with E-state index in [1.165, 1.54) is 18.4 Å². The largest absolute Gasteiger partial charge is 0.464 e. The molecule has 2 heterocycles. The van der Waals surface area contributed by atoms with Gasteiger partial charge in [-0.05, 0) is 51.6 Å². The molecule has 0 radical (unpaired) electrons. The molecule has 0 N–H and O–H groups in total. The van der Waals surface area contributed by atoms with E-state index in [0.29, 0.717) is 27.4 Å². The highest BCUT2D eigenvalue weighted by molar-refractivity contribution is 7.12. The van der Waals surface area contributed by atoms with Crippen LogP contribution in [0.2, 0.25) is 0 Å². The topological polar surface area (TPSA) is 68.6 Å². The summed E-state index contributed by atoms with van der Waals surface area (Å²) in [6, 6.07) is 2.76. The Morgan fingerprint density at radius 2 is 1.81 bits per heavy atom. The summed E-state index contributed by atoms with van der Waals surface area (Å²) < 4.78 is 6.51. The van der Waals surface area contributed by atoms with Gasteiger partial charge in [-0.2, -0.15) is 0 Å². The van der Waals surface area contributed by atoms with Crippen LogP contribution in [-0.2, 0) is 11.8 Å². The number of thiophene rings is 1. The van der Waals surface area contributed by atoms with Gasteiger partial charge >= 0.3 is 5.97 Å². The number of amides is 1. The fourth-order valence-corrected chi connectivity index (χ4v) is 4.11. The van der Waals surface area contributed by atoms with Gasteiger partial charge in [0.2, 0.25) is 0 Å². The van der Waals surface area contributed by atoms with Crippen LogP contribution in [0.25, 0.3) is 0 Å². The van der Waals surface area contributed by atoms with Crippen LogP contribution in [0.5, 0.6) is 0 Å². The molecule has 146 valence electrons. The first-order valence-corrected chi connectivity index (χ1v) is 9.65. The molecule has 1 amide bonds. The van der Waals surface area contributed by atoms with Gasteiger partial charge in [-0.1, -0.05) is 6.07 Å². The number of methoxy groups -OCH3 is 1. The molecule has 2 aromatic heterocycles. The summed E-state index contributed by atoms with van der Waals surface area (Å²) in [7, 11) is 3.04. The maximum atomic E-state index is 13.3. The van der Waals surface area contributed by atoms with Gasteiger partial charge in [0.15, 0.2) is 5.78 Å². The molecular formula is C20H26N2O4S. The molecule has 6 nitrogen and oxygen atoms in total. The molecule has 0 bridgehead atoms. The number of aromatic nitrogens is 1. The molecule has 1 unspecified atom stereocenters. The zero-order valence-electron chi connectivity index (χ0n) is 16.8. The molecule has 0 spiro atoms. The first-order chi connectivity index (χ1) is 12.6. The van der Waals surface area contributed by atoms with Crippen molar-refractivity contribution in [1.29, 1.82) is 0 Å². The van der Waals surface area contributed by atoms with Crippen molar-refractivity contribution < 1.29 is 19.1 Å². The molecule has 7 heteroatoms. The molecule has 0 saturated heterocycles. The van der Waals surface area contributed by atoms with Crippen molar-refractivity contribution in [2.24, 2.45) is 7.05 Å². The number of hydrogen-bond acceptors (Lipinski definition) is 5. The number of ketones is 1. The standard InChI is InChI=1S/C20H26N2O4S/c1-11(2)22(19(24)15-9-8-10-27-15)14(5)18(23)16-12(3)17(20(25)26-7)21(6)13(16)4/h8-11,14H,1-7H3. The van der Waals surface area contributed by atoms with E-state index in [1.54, 1.807) is 43.4 Å². The Bertz CT molecular complexity index is 865. The van der Waals surface area contributed by atoms with Crippen molar-refractivity contribution in [3.05, 3.63) is 44.9 Å². The van der Waals surface area contributed by atoms with Gasteiger partial charge in [-0.3, -0.25) is 9.59 Å². The maximum absolute atomic E-state index is 13.3. The minimum absolute atomic E-state index is 0.150. The average Bonchev–Trinajstić information content (AvgIpc) is 3.22. The van der Waals surface area contributed by atoms with Gasteiger partial charge in [0.05, 0.1) is 18.0 Å².